The maximum Gasteiger partial charge on any atom is 0.407 e. The van der Waals surface area contributed by atoms with E-state index < -0.39 is 16.5 Å². The van der Waals surface area contributed by atoms with Gasteiger partial charge in [-0.15, -0.1) is 0 Å². The summed E-state index contributed by atoms with van der Waals surface area (Å²) in [6.45, 7) is 0. The fourth-order valence-corrected chi connectivity index (χ4v) is 1.54. The van der Waals surface area contributed by atoms with Crippen molar-refractivity contribution in [2.45, 2.75) is 10.7 Å². The van der Waals surface area contributed by atoms with Crippen molar-refractivity contribution in [1.29, 1.82) is 0 Å². The number of halogens is 2. The molecule has 0 amide bonds. The number of hydrogen-bond acceptors (Lipinski definition) is 5. The third kappa shape index (κ3) is 2.75. The number of ether oxygens (including phenoxy) is 1. The van der Waals surface area contributed by atoms with Crippen LogP contribution in [0.4, 0.5) is 14.6 Å². The lowest BCUT2D eigenvalue weighted by molar-refractivity contribution is -0.390. The van der Waals surface area contributed by atoms with Crippen LogP contribution in [0.5, 0.6) is 5.75 Å². The molecule has 0 bridgehead atoms. The molecule has 1 rings (SSSR count). The number of nitrogens with zero attached hydrogens (tertiary/aromatic N) is 2. The normalized spacial score (nSPS) is 10.4. The average Bonchev–Trinajstić information content (AvgIpc) is 2.16. The van der Waals surface area contributed by atoms with Crippen LogP contribution in [0.25, 0.3) is 0 Å². The van der Waals surface area contributed by atoms with E-state index in [9.17, 15) is 18.9 Å². The van der Waals surface area contributed by atoms with Gasteiger partial charge in [0.25, 0.3) is 5.76 Å². The molecule has 0 unspecified atom stereocenters. The zero-order valence-corrected chi connectivity index (χ0v) is 8.33. The van der Waals surface area contributed by atoms with Crippen molar-refractivity contribution in [2.24, 2.45) is 0 Å². The van der Waals surface area contributed by atoms with E-state index in [0.717, 1.165) is 6.20 Å². The van der Waals surface area contributed by atoms with Gasteiger partial charge in [-0.3, -0.25) is 0 Å². The van der Waals surface area contributed by atoms with Gasteiger partial charge in [-0.25, -0.2) is 0 Å². The molecule has 0 N–H and O–H groups in total. The molecule has 0 aliphatic heterocycles. The molecular weight excluding hydrogens is 230 g/mol. The summed E-state index contributed by atoms with van der Waals surface area (Å²) in [6, 6.07) is 1.24. The minimum absolute atomic E-state index is 0.00537. The van der Waals surface area contributed by atoms with Gasteiger partial charge < -0.3 is 14.9 Å². The van der Waals surface area contributed by atoms with Crippen LogP contribution in [0.2, 0.25) is 0 Å². The standard InChI is InChI=1S/C7H6F2N2O3S/c1-14-5-4(15-7(8)9)2-3-10-6(5)11(12)13/h2-3,7H,1H3. The predicted octanol–water partition coefficient (Wildman–Crippen LogP) is 2.31. The molecule has 0 aliphatic carbocycles. The highest BCUT2D eigenvalue weighted by Gasteiger charge is 2.22. The Morgan fingerprint density at radius 3 is 2.80 bits per heavy atom. The van der Waals surface area contributed by atoms with Crippen LogP contribution >= 0.6 is 11.8 Å². The summed E-state index contributed by atoms with van der Waals surface area (Å²) in [7, 11) is 1.17. The number of nitro groups is 1. The van der Waals surface area contributed by atoms with Crippen molar-refractivity contribution in [3.05, 3.63) is 22.4 Å². The fourth-order valence-electron chi connectivity index (χ4n) is 0.931. The molecule has 15 heavy (non-hydrogen) atoms. The van der Waals surface area contributed by atoms with Crippen LogP contribution in [-0.4, -0.2) is 22.8 Å². The zero-order valence-electron chi connectivity index (χ0n) is 7.52. The smallest absolute Gasteiger partial charge is 0.407 e. The van der Waals surface area contributed by atoms with E-state index in [-0.39, 0.29) is 22.4 Å². The van der Waals surface area contributed by atoms with Crippen LogP contribution in [0.3, 0.4) is 0 Å². The third-order valence-corrected chi connectivity index (χ3v) is 2.20. The van der Waals surface area contributed by atoms with E-state index in [0.29, 0.717) is 0 Å². The van der Waals surface area contributed by atoms with Crippen molar-refractivity contribution in [1.82, 2.24) is 4.98 Å². The Morgan fingerprint density at radius 2 is 2.33 bits per heavy atom. The summed E-state index contributed by atoms with van der Waals surface area (Å²) < 4.78 is 28.9. The van der Waals surface area contributed by atoms with Crippen LogP contribution < -0.4 is 4.74 Å². The first-order valence-corrected chi connectivity index (χ1v) is 4.56. The van der Waals surface area contributed by atoms with Crippen LogP contribution in [0, 0.1) is 10.1 Å². The van der Waals surface area contributed by atoms with Gasteiger partial charge in [0.2, 0.25) is 5.75 Å². The molecule has 0 aliphatic rings. The second-order valence-electron chi connectivity index (χ2n) is 2.30. The molecule has 1 aromatic heterocycles. The first-order chi connectivity index (χ1) is 7.06. The molecule has 0 radical (unpaired) electrons. The number of aromatic nitrogens is 1. The van der Waals surface area contributed by atoms with Crippen molar-refractivity contribution in [3.8, 4) is 5.75 Å². The molecule has 0 aromatic carbocycles. The van der Waals surface area contributed by atoms with Gasteiger partial charge in [-0.05, 0) is 16.0 Å². The van der Waals surface area contributed by atoms with Crippen molar-refractivity contribution >= 4 is 17.6 Å². The lowest BCUT2D eigenvalue weighted by atomic mass is 10.4. The molecule has 0 fully saturated rings. The second kappa shape index (κ2) is 4.87. The largest absolute Gasteiger partial charge is 0.488 e. The molecule has 1 aromatic rings. The number of methoxy groups -OCH3 is 1. The highest BCUT2D eigenvalue weighted by atomic mass is 32.2. The number of hydrogen-bond donors (Lipinski definition) is 0. The SMILES string of the molecule is COc1c(SC(F)F)ccnc1[N+](=O)[O-]. The van der Waals surface area contributed by atoms with Gasteiger partial charge in [-0.1, -0.05) is 11.8 Å². The van der Waals surface area contributed by atoms with E-state index in [1.807, 2.05) is 0 Å². The first kappa shape index (κ1) is 11.6. The highest BCUT2D eigenvalue weighted by Crippen LogP contribution is 2.37. The van der Waals surface area contributed by atoms with Crippen molar-refractivity contribution in [3.63, 3.8) is 0 Å². The molecular formula is C7H6F2N2O3S. The molecule has 5 nitrogen and oxygen atoms in total. The lowest BCUT2D eigenvalue weighted by Crippen LogP contribution is -1.98. The summed E-state index contributed by atoms with van der Waals surface area (Å²) in [5, 5.41) is 10.5. The summed E-state index contributed by atoms with van der Waals surface area (Å²) in [6.07, 6.45) is 1.09. The maximum absolute atomic E-state index is 12.1. The molecule has 82 valence electrons. The van der Waals surface area contributed by atoms with Crippen LogP contribution in [-0.2, 0) is 0 Å². The van der Waals surface area contributed by atoms with E-state index in [1.165, 1.54) is 13.2 Å². The summed E-state index contributed by atoms with van der Waals surface area (Å²) in [5.74, 6) is -3.48. The van der Waals surface area contributed by atoms with Gasteiger partial charge in [-0.2, -0.15) is 8.78 Å². The Kier molecular flexibility index (Phi) is 3.78. The Hall–Kier alpha value is -1.44. The molecule has 0 saturated carbocycles. The van der Waals surface area contributed by atoms with Crippen molar-refractivity contribution in [2.75, 3.05) is 7.11 Å². The quantitative estimate of drug-likeness (QED) is 0.456. The van der Waals surface area contributed by atoms with Gasteiger partial charge in [0.15, 0.2) is 0 Å². The number of rotatable bonds is 4. The molecule has 1 heterocycles. The van der Waals surface area contributed by atoms with Gasteiger partial charge in [0.05, 0.1) is 12.0 Å². The van der Waals surface area contributed by atoms with Crippen LogP contribution in [0.15, 0.2) is 17.2 Å². The number of thioether (sulfide) groups is 1. The highest BCUT2D eigenvalue weighted by molar-refractivity contribution is 7.99. The molecule has 0 atom stereocenters. The minimum atomic E-state index is -2.67. The lowest BCUT2D eigenvalue weighted by Gasteiger charge is -2.06. The third-order valence-electron chi connectivity index (χ3n) is 1.44. The van der Waals surface area contributed by atoms with E-state index in [4.69, 9.17) is 0 Å². The molecule has 0 spiro atoms. The summed E-state index contributed by atoms with van der Waals surface area (Å²) in [5.41, 5.74) is 0. The predicted molar refractivity (Wildman–Crippen MR) is 49.3 cm³/mol. The monoisotopic (exact) mass is 236 g/mol. The summed E-state index contributed by atoms with van der Waals surface area (Å²) >= 11 is 0.178. The maximum atomic E-state index is 12.1. The van der Waals surface area contributed by atoms with Crippen LogP contribution in [0.1, 0.15) is 0 Å². The Labute approximate surface area is 87.6 Å². The number of pyridine rings is 1. The molecule has 8 heteroatoms. The van der Waals surface area contributed by atoms with E-state index in [2.05, 4.69) is 9.72 Å². The van der Waals surface area contributed by atoms with Gasteiger partial charge in [0.1, 0.15) is 6.20 Å². The first-order valence-electron chi connectivity index (χ1n) is 3.68. The Balaban J connectivity index is 3.16. The Morgan fingerprint density at radius 1 is 1.67 bits per heavy atom. The zero-order chi connectivity index (χ0) is 11.4. The van der Waals surface area contributed by atoms with Crippen molar-refractivity contribution < 1.29 is 18.4 Å². The fraction of sp³-hybridized carbons (Fsp3) is 0.286. The summed E-state index contributed by atoms with van der Waals surface area (Å²) in [4.78, 5) is 13.1. The number of alkyl halides is 2. The Bertz CT molecular complexity index is 375. The van der Waals surface area contributed by atoms with Gasteiger partial charge in [0, 0.05) is 0 Å². The van der Waals surface area contributed by atoms with E-state index in [1.54, 1.807) is 0 Å². The van der Waals surface area contributed by atoms with Gasteiger partial charge >= 0.3 is 5.82 Å². The topological polar surface area (TPSA) is 65.3 Å². The second-order valence-corrected chi connectivity index (χ2v) is 3.33. The van der Waals surface area contributed by atoms with E-state index >= 15 is 0 Å². The minimum Gasteiger partial charge on any atom is -0.488 e. The molecule has 0 saturated heterocycles. The average molecular weight is 236 g/mol.